The number of benzene rings is 1. The number of sulfonamides is 1. The Morgan fingerprint density at radius 2 is 2.06 bits per heavy atom. The van der Waals surface area contributed by atoms with E-state index in [9.17, 15) is 13.5 Å². The minimum Gasteiger partial charge on any atom is -0.398 e. The van der Waals surface area contributed by atoms with Gasteiger partial charge in [0.15, 0.2) is 0 Å². The highest BCUT2D eigenvalue weighted by Gasteiger charge is 2.44. The topological polar surface area (TPSA) is 83.6 Å². The SMILES string of the molecule is CC1(O)CN(S(=O)(=O)c2cc(Br)ccc2N)C1. The van der Waals surface area contributed by atoms with E-state index in [1.165, 1.54) is 16.4 Å². The standard InChI is InChI=1S/C10H13BrN2O3S/c1-10(14)5-13(6-10)17(15,16)9-4-7(11)2-3-8(9)12/h2-4,14H,5-6,12H2,1H3. The van der Waals surface area contributed by atoms with Crippen LogP contribution in [0.1, 0.15) is 6.92 Å². The molecule has 1 aromatic carbocycles. The molecule has 3 N–H and O–H groups in total. The van der Waals surface area contributed by atoms with Gasteiger partial charge in [0.25, 0.3) is 0 Å². The van der Waals surface area contributed by atoms with Crippen molar-refractivity contribution in [2.24, 2.45) is 0 Å². The second-order valence-electron chi connectivity index (χ2n) is 4.45. The van der Waals surface area contributed by atoms with Gasteiger partial charge in [-0.15, -0.1) is 0 Å². The van der Waals surface area contributed by atoms with Gasteiger partial charge in [-0.2, -0.15) is 4.31 Å². The largest absolute Gasteiger partial charge is 0.398 e. The minimum absolute atomic E-state index is 0.0716. The van der Waals surface area contributed by atoms with Crippen LogP contribution in [0, 0.1) is 0 Å². The van der Waals surface area contributed by atoms with E-state index in [4.69, 9.17) is 5.73 Å². The van der Waals surface area contributed by atoms with Crippen molar-refractivity contribution in [1.29, 1.82) is 0 Å². The summed E-state index contributed by atoms with van der Waals surface area (Å²) in [6.45, 7) is 1.80. The van der Waals surface area contributed by atoms with Gasteiger partial charge in [-0.05, 0) is 25.1 Å². The van der Waals surface area contributed by atoms with Crippen LogP contribution >= 0.6 is 15.9 Å². The average molecular weight is 321 g/mol. The molecule has 0 spiro atoms. The highest BCUT2D eigenvalue weighted by Crippen LogP contribution is 2.31. The minimum atomic E-state index is -3.61. The number of aliphatic hydroxyl groups is 1. The Morgan fingerprint density at radius 1 is 1.47 bits per heavy atom. The molecule has 0 radical (unpaired) electrons. The van der Waals surface area contributed by atoms with Crippen molar-refractivity contribution in [2.75, 3.05) is 18.8 Å². The van der Waals surface area contributed by atoms with Crippen LogP contribution in [-0.4, -0.2) is 36.5 Å². The van der Waals surface area contributed by atoms with Crippen LogP contribution in [-0.2, 0) is 10.0 Å². The lowest BCUT2D eigenvalue weighted by Crippen LogP contribution is -2.61. The lowest BCUT2D eigenvalue weighted by molar-refractivity contribution is -0.0426. The quantitative estimate of drug-likeness (QED) is 0.789. The lowest BCUT2D eigenvalue weighted by Gasteiger charge is -2.42. The first-order chi connectivity index (χ1) is 7.72. The summed E-state index contributed by atoms with van der Waals surface area (Å²) in [7, 11) is -3.61. The van der Waals surface area contributed by atoms with Crippen molar-refractivity contribution in [3.05, 3.63) is 22.7 Å². The molecule has 0 atom stereocenters. The van der Waals surface area contributed by atoms with Gasteiger partial charge >= 0.3 is 0 Å². The van der Waals surface area contributed by atoms with Gasteiger partial charge in [0.2, 0.25) is 10.0 Å². The van der Waals surface area contributed by atoms with E-state index >= 15 is 0 Å². The summed E-state index contributed by atoms with van der Waals surface area (Å²) in [6, 6.07) is 4.69. The average Bonchev–Trinajstić information content (AvgIpc) is 2.18. The summed E-state index contributed by atoms with van der Waals surface area (Å²) in [4.78, 5) is 0.0716. The smallest absolute Gasteiger partial charge is 0.245 e. The van der Waals surface area contributed by atoms with E-state index in [1.807, 2.05) is 0 Å². The third-order valence-electron chi connectivity index (χ3n) is 2.63. The van der Waals surface area contributed by atoms with E-state index < -0.39 is 15.6 Å². The molecule has 2 rings (SSSR count). The molecule has 5 nitrogen and oxygen atoms in total. The predicted octanol–water partition coefficient (Wildman–Crippen LogP) is 0.787. The van der Waals surface area contributed by atoms with Gasteiger partial charge < -0.3 is 10.8 Å². The number of hydrogen-bond acceptors (Lipinski definition) is 4. The summed E-state index contributed by atoms with van der Waals surface area (Å²) in [5.41, 5.74) is 4.94. The van der Waals surface area contributed by atoms with Gasteiger partial charge in [-0.1, -0.05) is 15.9 Å². The van der Waals surface area contributed by atoms with E-state index in [0.717, 1.165) is 0 Å². The fourth-order valence-corrected chi connectivity index (χ4v) is 4.08. The van der Waals surface area contributed by atoms with Crippen molar-refractivity contribution in [3.63, 3.8) is 0 Å². The maximum atomic E-state index is 12.2. The molecule has 94 valence electrons. The van der Waals surface area contributed by atoms with Crippen LogP contribution < -0.4 is 5.73 Å². The lowest BCUT2D eigenvalue weighted by atomic mass is 10.0. The second-order valence-corrected chi connectivity index (χ2v) is 7.27. The predicted molar refractivity (Wildman–Crippen MR) is 67.9 cm³/mol. The molecular weight excluding hydrogens is 308 g/mol. The number of anilines is 1. The normalized spacial score (nSPS) is 19.9. The second kappa shape index (κ2) is 3.94. The maximum Gasteiger partial charge on any atom is 0.245 e. The Kier molecular flexibility index (Phi) is 2.97. The van der Waals surface area contributed by atoms with Crippen LogP contribution in [0.5, 0.6) is 0 Å². The summed E-state index contributed by atoms with van der Waals surface area (Å²) >= 11 is 3.21. The summed E-state index contributed by atoms with van der Waals surface area (Å²) in [5.74, 6) is 0. The number of nitrogens with two attached hydrogens (primary N) is 1. The highest BCUT2D eigenvalue weighted by atomic mass is 79.9. The van der Waals surface area contributed by atoms with Crippen LogP contribution in [0.15, 0.2) is 27.6 Å². The summed E-state index contributed by atoms with van der Waals surface area (Å²) in [5, 5.41) is 9.57. The van der Waals surface area contributed by atoms with Gasteiger partial charge in [-0.3, -0.25) is 0 Å². The highest BCUT2D eigenvalue weighted by molar-refractivity contribution is 9.10. The zero-order valence-corrected chi connectivity index (χ0v) is 11.6. The summed E-state index contributed by atoms with van der Waals surface area (Å²) in [6.07, 6.45) is 0. The Morgan fingerprint density at radius 3 is 2.59 bits per heavy atom. The molecule has 0 amide bonds. The first kappa shape index (κ1) is 12.8. The number of rotatable bonds is 2. The third-order valence-corrected chi connectivity index (χ3v) is 4.97. The van der Waals surface area contributed by atoms with Gasteiger partial charge in [-0.25, -0.2) is 8.42 Å². The van der Waals surface area contributed by atoms with Crippen LogP contribution in [0.25, 0.3) is 0 Å². The zero-order valence-electron chi connectivity index (χ0n) is 9.22. The molecule has 1 heterocycles. The fourth-order valence-electron chi connectivity index (χ4n) is 1.75. The summed E-state index contributed by atoms with van der Waals surface area (Å²) < 4.78 is 26.2. The van der Waals surface area contributed by atoms with E-state index in [2.05, 4.69) is 15.9 Å². The molecule has 0 unspecified atom stereocenters. The van der Waals surface area contributed by atoms with Crippen LogP contribution in [0.3, 0.4) is 0 Å². The van der Waals surface area contributed by atoms with Crippen molar-refractivity contribution in [2.45, 2.75) is 17.4 Å². The molecular formula is C10H13BrN2O3S. The number of nitrogens with zero attached hydrogens (tertiary/aromatic N) is 1. The van der Waals surface area contributed by atoms with Crippen molar-refractivity contribution < 1.29 is 13.5 Å². The van der Waals surface area contributed by atoms with E-state index in [1.54, 1.807) is 13.0 Å². The van der Waals surface area contributed by atoms with Crippen LogP contribution in [0.2, 0.25) is 0 Å². The first-order valence-corrected chi connectivity index (χ1v) is 7.23. The molecule has 0 aromatic heterocycles. The van der Waals surface area contributed by atoms with Crippen LogP contribution in [0.4, 0.5) is 5.69 Å². The zero-order chi connectivity index (χ0) is 12.8. The molecule has 0 saturated carbocycles. The Hall–Kier alpha value is -0.630. The number of halogens is 1. The molecule has 7 heteroatoms. The van der Waals surface area contributed by atoms with E-state index in [-0.39, 0.29) is 23.7 Å². The Bertz CT molecular complexity index is 549. The van der Waals surface area contributed by atoms with Gasteiger partial charge in [0.05, 0.1) is 11.3 Å². The van der Waals surface area contributed by atoms with Gasteiger partial charge in [0, 0.05) is 17.6 Å². The maximum absolute atomic E-state index is 12.2. The fraction of sp³-hybridized carbons (Fsp3) is 0.400. The van der Waals surface area contributed by atoms with E-state index in [0.29, 0.717) is 4.47 Å². The Labute approximate surface area is 108 Å². The molecule has 1 fully saturated rings. The molecule has 1 aromatic rings. The molecule has 1 saturated heterocycles. The molecule has 1 aliphatic heterocycles. The number of nitrogen functional groups attached to an aromatic ring is 1. The molecule has 0 aliphatic carbocycles. The first-order valence-electron chi connectivity index (χ1n) is 5.00. The Balaban J connectivity index is 2.36. The number of β-amino-alcohol motifs (C(OH)–C–C–N with tert-alkyl or cyclic N) is 1. The molecule has 0 bridgehead atoms. The van der Waals surface area contributed by atoms with Crippen molar-refractivity contribution in [3.8, 4) is 0 Å². The molecule has 1 aliphatic rings. The van der Waals surface area contributed by atoms with Crippen molar-refractivity contribution >= 4 is 31.6 Å². The van der Waals surface area contributed by atoms with Crippen molar-refractivity contribution in [1.82, 2.24) is 4.31 Å². The molecule has 17 heavy (non-hydrogen) atoms. The third kappa shape index (κ3) is 2.33. The van der Waals surface area contributed by atoms with Gasteiger partial charge in [0.1, 0.15) is 4.90 Å². The number of hydrogen-bond donors (Lipinski definition) is 2. The monoisotopic (exact) mass is 320 g/mol.